The summed E-state index contributed by atoms with van der Waals surface area (Å²) in [6, 6.07) is 15.8. The van der Waals surface area contributed by atoms with Crippen LogP contribution in [0.4, 0.5) is 4.79 Å². The number of alkyl carbamates (subject to hydrolysis) is 1. The largest absolute Gasteiger partial charge is 0.481 e. The molecule has 0 aliphatic heterocycles. The fourth-order valence-corrected chi connectivity index (χ4v) is 4.11. The molecule has 0 unspecified atom stereocenters. The van der Waals surface area contributed by atoms with Crippen molar-refractivity contribution in [3.05, 3.63) is 59.7 Å². The van der Waals surface area contributed by atoms with Gasteiger partial charge in [0, 0.05) is 24.9 Å². The molecular formula is C25H30N2O5. The summed E-state index contributed by atoms with van der Waals surface area (Å²) in [5, 5.41) is 14.3. The maximum Gasteiger partial charge on any atom is 0.407 e. The first kappa shape index (κ1) is 23.3. The van der Waals surface area contributed by atoms with Crippen molar-refractivity contribution in [2.75, 3.05) is 13.2 Å². The van der Waals surface area contributed by atoms with Crippen LogP contribution < -0.4 is 10.6 Å². The topological polar surface area (TPSA) is 105 Å². The van der Waals surface area contributed by atoms with Gasteiger partial charge in [0.25, 0.3) is 0 Å². The highest BCUT2D eigenvalue weighted by Gasteiger charge is 2.29. The lowest BCUT2D eigenvalue weighted by atomic mass is 9.98. The number of unbranched alkanes of at least 4 members (excludes halogenated alkanes) is 1. The Morgan fingerprint density at radius 1 is 1.03 bits per heavy atom. The predicted molar refractivity (Wildman–Crippen MR) is 121 cm³/mol. The lowest BCUT2D eigenvalue weighted by Crippen LogP contribution is -2.38. The molecule has 1 atom stereocenters. The number of benzene rings is 2. The van der Waals surface area contributed by atoms with E-state index in [2.05, 4.69) is 34.9 Å². The van der Waals surface area contributed by atoms with E-state index in [1.54, 1.807) is 0 Å². The quantitative estimate of drug-likeness (QED) is 0.491. The van der Waals surface area contributed by atoms with E-state index >= 15 is 0 Å². The van der Waals surface area contributed by atoms with E-state index in [-0.39, 0.29) is 37.8 Å². The molecule has 3 N–H and O–H groups in total. The number of ether oxygens (including phenoxy) is 1. The summed E-state index contributed by atoms with van der Waals surface area (Å²) in [7, 11) is 0. The van der Waals surface area contributed by atoms with Gasteiger partial charge in [-0.3, -0.25) is 9.59 Å². The Balaban J connectivity index is 1.45. The normalized spacial score (nSPS) is 13.0. The Morgan fingerprint density at radius 3 is 2.25 bits per heavy atom. The van der Waals surface area contributed by atoms with Gasteiger partial charge in [-0.1, -0.05) is 68.3 Å². The van der Waals surface area contributed by atoms with Crippen molar-refractivity contribution in [3.63, 3.8) is 0 Å². The first-order chi connectivity index (χ1) is 15.5. The zero-order chi connectivity index (χ0) is 22.9. The molecule has 0 bridgehead atoms. The van der Waals surface area contributed by atoms with Crippen molar-refractivity contribution < 1.29 is 24.2 Å². The SMILES string of the molecule is CCCC[C@@H](CC(=O)O)NC(=O)CCNC(=O)OCC1c2ccccc2-c2ccccc21. The maximum atomic E-state index is 12.2. The van der Waals surface area contributed by atoms with Gasteiger partial charge in [0.1, 0.15) is 6.61 Å². The molecule has 0 spiro atoms. The summed E-state index contributed by atoms with van der Waals surface area (Å²) in [6.45, 7) is 2.35. The lowest BCUT2D eigenvalue weighted by Gasteiger charge is -2.17. The second kappa shape index (κ2) is 11.3. The Hall–Kier alpha value is -3.35. The highest BCUT2D eigenvalue weighted by Crippen LogP contribution is 2.44. The van der Waals surface area contributed by atoms with Gasteiger partial charge in [-0.2, -0.15) is 0 Å². The number of carbonyl (C=O) groups is 3. The minimum atomic E-state index is -0.942. The molecule has 2 aromatic carbocycles. The Bertz CT molecular complexity index is 913. The predicted octanol–water partition coefficient (Wildman–Crippen LogP) is 4.06. The van der Waals surface area contributed by atoms with E-state index in [9.17, 15) is 14.4 Å². The summed E-state index contributed by atoms with van der Waals surface area (Å²) >= 11 is 0. The number of carboxylic acid groups (broad SMARTS) is 1. The fourth-order valence-electron chi connectivity index (χ4n) is 4.11. The van der Waals surface area contributed by atoms with Crippen LogP contribution in [0.1, 0.15) is 56.1 Å². The van der Waals surface area contributed by atoms with E-state index in [1.165, 1.54) is 0 Å². The van der Waals surface area contributed by atoms with Gasteiger partial charge in [0.2, 0.25) is 5.91 Å². The number of hydrogen-bond donors (Lipinski definition) is 3. The van der Waals surface area contributed by atoms with Crippen LogP contribution in [-0.2, 0) is 14.3 Å². The van der Waals surface area contributed by atoms with Gasteiger partial charge in [0.05, 0.1) is 6.42 Å². The molecule has 32 heavy (non-hydrogen) atoms. The van der Waals surface area contributed by atoms with E-state index < -0.39 is 18.1 Å². The van der Waals surface area contributed by atoms with Crippen molar-refractivity contribution in [2.45, 2.75) is 51.0 Å². The van der Waals surface area contributed by atoms with E-state index in [0.29, 0.717) is 6.42 Å². The number of hydrogen-bond acceptors (Lipinski definition) is 4. The van der Waals surface area contributed by atoms with E-state index in [1.807, 2.05) is 31.2 Å². The van der Waals surface area contributed by atoms with Crippen LogP contribution in [0.2, 0.25) is 0 Å². The summed E-state index contributed by atoms with van der Waals surface area (Å²) in [4.78, 5) is 35.3. The number of carboxylic acids is 1. The molecule has 2 aromatic rings. The first-order valence-corrected chi connectivity index (χ1v) is 11.1. The van der Waals surface area contributed by atoms with Crippen LogP contribution in [0.25, 0.3) is 11.1 Å². The zero-order valence-electron chi connectivity index (χ0n) is 18.3. The molecular weight excluding hydrogens is 408 g/mol. The lowest BCUT2D eigenvalue weighted by molar-refractivity contribution is -0.137. The van der Waals surface area contributed by atoms with Gasteiger partial charge >= 0.3 is 12.1 Å². The number of fused-ring (bicyclic) bond motifs is 3. The molecule has 2 amide bonds. The van der Waals surface area contributed by atoms with Gasteiger partial charge in [-0.15, -0.1) is 0 Å². The van der Waals surface area contributed by atoms with Crippen molar-refractivity contribution in [1.29, 1.82) is 0 Å². The minimum Gasteiger partial charge on any atom is -0.481 e. The van der Waals surface area contributed by atoms with Gasteiger partial charge in [-0.25, -0.2) is 4.79 Å². The molecule has 3 rings (SSSR count). The molecule has 170 valence electrons. The Kier molecular flexibility index (Phi) is 8.25. The smallest absolute Gasteiger partial charge is 0.407 e. The number of aliphatic carboxylic acids is 1. The summed E-state index contributed by atoms with van der Waals surface area (Å²) in [6.07, 6.45) is 1.77. The molecule has 7 heteroatoms. The van der Waals surface area contributed by atoms with Crippen LogP contribution in [0, 0.1) is 0 Å². The summed E-state index contributed by atoms with van der Waals surface area (Å²) in [5.41, 5.74) is 4.59. The number of amides is 2. The van der Waals surface area contributed by atoms with Gasteiger partial charge < -0.3 is 20.5 Å². The third-order valence-electron chi connectivity index (χ3n) is 5.66. The van der Waals surface area contributed by atoms with Crippen molar-refractivity contribution in [3.8, 4) is 11.1 Å². The molecule has 0 fully saturated rings. The van der Waals surface area contributed by atoms with E-state index in [0.717, 1.165) is 35.1 Å². The molecule has 0 radical (unpaired) electrons. The fraction of sp³-hybridized carbons (Fsp3) is 0.400. The zero-order valence-corrected chi connectivity index (χ0v) is 18.3. The van der Waals surface area contributed by atoms with Crippen molar-refractivity contribution >= 4 is 18.0 Å². The molecule has 0 aromatic heterocycles. The van der Waals surface area contributed by atoms with Crippen LogP contribution >= 0.6 is 0 Å². The van der Waals surface area contributed by atoms with Gasteiger partial charge in [0.15, 0.2) is 0 Å². The average Bonchev–Trinajstić information content (AvgIpc) is 3.09. The second-order valence-corrected chi connectivity index (χ2v) is 8.01. The Labute approximate surface area is 188 Å². The number of nitrogens with one attached hydrogen (secondary N) is 2. The Morgan fingerprint density at radius 2 is 1.66 bits per heavy atom. The summed E-state index contributed by atoms with van der Waals surface area (Å²) < 4.78 is 5.45. The molecule has 0 saturated heterocycles. The maximum absolute atomic E-state index is 12.2. The molecule has 0 saturated carbocycles. The number of carbonyl (C=O) groups excluding carboxylic acids is 2. The summed E-state index contributed by atoms with van der Waals surface area (Å²) in [5.74, 6) is -1.25. The van der Waals surface area contributed by atoms with Crippen LogP contribution in [0.15, 0.2) is 48.5 Å². The molecule has 7 nitrogen and oxygen atoms in total. The molecule has 1 aliphatic carbocycles. The highest BCUT2D eigenvalue weighted by atomic mass is 16.5. The van der Waals surface area contributed by atoms with Crippen LogP contribution in [0.3, 0.4) is 0 Å². The van der Waals surface area contributed by atoms with Crippen LogP contribution in [0.5, 0.6) is 0 Å². The molecule has 1 aliphatic rings. The van der Waals surface area contributed by atoms with E-state index in [4.69, 9.17) is 9.84 Å². The minimum absolute atomic E-state index is 0.0215. The van der Waals surface area contributed by atoms with Crippen molar-refractivity contribution in [2.24, 2.45) is 0 Å². The first-order valence-electron chi connectivity index (χ1n) is 11.1. The monoisotopic (exact) mass is 438 g/mol. The molecule has 0 heterocycles. The van der Waals surface area contributed by atoms with Crippen molar-refractivity contribution in [1.82, 2.24) is 10.6 Å². The third kappa shape index (κ3) is 6.09. The average molecular weight is 439 g/mol. The highest BCUT2D eigenvalue weighted by molar-refractivity contribution is 5.79. The second-order valence-electron chi connectivity index (χ2n) is 8.01. The van der Waals surface area contributed by atoms with Gasteiger partial charge in [-0.05, 0) is 28.7 Å². The standard InChI is InChI=1S/C25H30N2O5/c1-2-3-8-17(15-24(29)30)27-23(28)13-14-26-25(31)32-16-22-20-11-6-4-9-18(20)19-10-5-7-12-21(19)22/h4-7,9-12,17,22H,2-3,8,13-16H2,1H3,(H,26,31)(H,27,28)(H,29,30)/t17-/m0/s1. The van der Waals surface area contributed by atoms with Crippen LogP contribution in [-0.4, -0.2) is 42.3 Å². The number of rotatable bonds is 11. The third-order valence-corrected chi connectivity index (χ3v) is 5.66.